The summed E-state index contributed by atoms with van der Waals surface area (Å²) in [6.07, 6.45) is 9.74. The van der Waals surface area contributed by atoms with E-state index < -0.39 is 0 Å². The van der Waals surface area contributed by atoms with Gasteiger partial charge in [-0.05, 0) is 0 Å². The van der Waals surface area contributed by atoms with Crippen molar-refractivity contribution in [2.24, 2.45) is 5.41 Å². The van der Waals surface area contributed by atoms with Crippen molar-refractivity contribution in [1.82, 2.24) is 0 Å². The van der Waals surface area contributed by atoms with Crippen LogP contribution in [0.15, 0.2) is 16.7 Å². The number of hydrogen-bond donors (Lipinski definition) is 0. The summed E-state index contributed by atoms with van der Waals surface area (Å²) in [5.74, 6) is 0. The Morgan fingerprint density at radius 2 is 1.26 bits per heavy atom. The topological polar surface area (TPSA) is 0 Å². The van der Waals surface area contributed by atoms with Gasteiger partial charge in [-0.3, -0.25) is 6.08 Å². The van der Waals surface area contributed by atoms with Gasteiger partial charge < -0.3 is 0 Å². The molecule has 0 nitrogen and oxygen atoms in total. The van der Waals surface area contributed by atoms with Crippen molar-refractivity contribution >= 4 is 37.2 Å². The second kappa shape index (κ2) is 12.9. The van der Waals surface area contributed by atoms with Crippen LogP contribution in [0.25, 0.3) is 0 Å². The van der Waals surface area contributed by atoms with Gasteiger partial charge in [0.15, 0.2) is 0 Å². The fraction of sp³-hybridized carbons (Fsp3) is 0.733. The zero-order chi connectivity index (χ0) is 11.5. The fourth-order valence-electron chi connectivity index (χ4n) is 3.04. The van der Waals surface area contributed by atoms with Crippen molar-refractivity contribution in [2.45, 2.75) is 66.7 Å². The monoisotopic (exact) mass is 403 g/mol. The predicted octanol–water partition coefficient (Wildman–Crippen LogP) is 6.33. The van der Waals surface area contributed by atoms with E-state index in [0.717, 1.165) is 6.42 Å². The molecule has 0 aliphatic heterocycles. The van der Waals surface area contributed by atoms with Crippen LogP contribution >= 0.6 is 37.2 Å². The summed E-state index contributed by atoms with van der Waals surface area (Å²) in [6, 6.07) is 0. The van der Waals surface area contributed by atoms with Crippen molar-refractivity contribution in [2.75, 3.05) is 0 Å². The van der Waals surface area contributed by atoms with Crippen molar-refractivity contribution in [1.29, 1.82) is 0 Å². The summed E-state index contributed by atoms with van der Waals surface area (Å²) in [6.45, 7) is 11.4. The molecule has 0 heterocycles. The SMILES string of the molecule is CCC1=[C-]C(CC)(CC)C(CC)=C1CC.Cl.Cl.Cl.[Zr]. The Balaban J connectivity index is -0.000000281. The van der Waals surface area contributed by atoms with Gasteiger partial charge in [0.05, 0.1) is 0 Å². The Labute approximate surface area is 157 Å². The Hall–Kier alpha value is 1.23. The zero-order valence-corrected chi connectivity index (χ0v) is 17.7. The van der Waals surface area contributed by atoms with Crippen molar-refractivity contribution in [3.63, 3.8) is 0 Å². The minimum atomic E-state index is 0. The molecule has 0 fully saturated rings. The van der Waals surface area contributed by atoms with E-state index in [1.165, 1.54) is 31.3 Å². The first-order valence-electron chi connectivity index (χ1n) is 6.55. The van der Waals surface area contributed by atoms with Crippen LogP contribution in [0.4, 0.5) is 0 Å². The van der Waals surface area contributed by atoms with Gasteiger partial charge >= 0.3 is 0 Å². The van der Waals surface area contributed by atoms with Gasteiger partial charge in [-0.1, -0.05) is 72.1 Å². The van der Waals surface area contributed by atoms with Gasteiger partial charge in [0.25, 0.3) is 0 Å². The van der Waals surface area contributed by atoms with Gasteiger partial charge in [-0.15, -0.1) is 37.2 Å². The average molecular weight is 406 g/mol. The molecular formula is C15H28Cl3Zr-. The van der Waals surface area contributed by atoms with E-state index in [1.807, 2.05) is 0 Å². The Bertz CT molecular complexity index is 292. The summed E-state index contributed by atoms with van der Waals surface area (Å²) in [7, 11) is 0. The molecule has 0 saturated heterocycles. The molecule has 0 saturated carbocycles. The first kappa shape index (κ1) is 28.4. The summed E-state index contributed by atoms with van der Waals surface area (Å²) in [5, 5.41) is 0. The van der Waals surface area contributed by atoms with E-state index in [1.54, 1.807) is 11.1 Å². The molecule has 0 radical (unpaired) electrons. The molecule has 0 aromatic carbocycles. The van der Waals surface area contributed by atoms with Gasteiger partial charge in [0, 0.05) is 26.2 Å². The van der Waals surface area contributed by atoms with E-state index >= 15 is 0 Å². The molecular weight excluding hydrogens is 378 g/mol. The molecule has 1 rings (SSSR count). The second-order valence-electron chi connectivity index (χ2n) is 4.41. The Kier molecular flexibility index (Phi) is 19.3. The molecule has 0 bridgehead atoms. The molecule has 0 N–H and O–H groups in total. The normalized spacial score (nSPS) is 15.5. The predicted molar refractivity (Wildman–Crippen MR) is 89.4 cm³/mol. The van der Waals surface area contributed by atoms with Crippen LogP contribution < -0.4 is 0 Å². The maximum absolute atomic E-state index is 3.80. The first-order chi connectivity index (χ1) is 7.18. The van der Waals surface area contributed by atoms with E-state index in [4.69, 9.17) is 0 Å². The minimum Gasteiger partial charge on any atom is -0.262 e. The van der Waals surface area contributed by atoms with E-state index in [-0.39, 0.29) is 68.8 Å². The van der Waals surface area contributed by atoms with Gasteiger partial charge in [0.2, 0.25) is 0 Å². The molecule has 0 aromatic rings. The molecule has 4 heteroatoms. The van der Waals surface area contributed by atoms with Crippen LogP contribution in [0.3, 0.4) is 0 Å². The standard InChI is InChI=1S/C15H25.3ClH.Zr/c1-6-12-11-15(9-4,10-5)14(8-3)13(12)7-2;;;;/h6-10H2,1-5H3;3*1H;/q-1;;;;. The molecule has 0 spiro atoms. The minimum absolute atomic E-state index is 0. The van der Waals surface area contributed by atoms with Gasteiger partial charge in [-0.2, -0.15) is 11.1 Å². The van der Waals surface area contributed by atoms with E-state index in [0.29, 0.717) is 0 Å². The van der Waals surface area contributed by atoms with E-state index in [2.05, 4.69) is 40.7 Å². The number of hydrogen-bond acceptors (Lipinski definition) is 0. The van der Waals surface area contributed by atoms with Gasteiger partial charge in [-0.25, -0.2) is 5.57 Å². The quantitative estimate of drug-likeness (QED) is 0.469. The molecule has 1 aliphatic carbocycles. The molecule has 0 unspecified atom stereocenters. The fourth-order valence-corrected chi connectivity index (χ4v) is 3.04. The molecule has 0 aromatic heterocycles. The third kappa shape index (κ3) is 5.50. The largest absolute Gasteiger partial charge is 0.262 e. The molecule has 0 amide bonds. The summed E-state index contributed by atoms with van der Waals surface area (Å²) in [5.41, 5.74) is 5.07. The van der Waals surface area contributed by atoms with Crippen LogP contribution in [0.2, 0.25) is 0 Å². The second-order valence-corrected chi connectivity index (χ2v) is 4.41. The van der Waals surface area contributed by atoms with Crippen LogP contribution in [-0.4, -0.2) is 0 Å². The van der Waals surface area contributed by atoms with E-state index in [9.17, 15) is 0 Å². The number of allylic oxidation sites excluding steroid dienone is 4. The maximum atomic E-state index is 3.80. The van der Waals surface area contributed by atoms with Crippen LogP contribution in [0.5, 0.6) is 0 Å². The van der Waals surface area contributed by atoms with Crippen molar-refractivity contribution in [3.05, 3.63) is 22.8 Å². The molecule has 19 heavy (non-hydrogen) atoms. The van der Waals surface area contributed by atoms with Gasteiger partial charge in [0.1, 0.15) is 0 Å². The third-order valence-corrected chi connectivity index (χ3v) is 3.96. The smallest absolute Gasteiger partial charge is 0 e. The van der Waals surface area contributed by atoms with Crippen LogP contribution in [0.1, 0.15) is 66.7 Å². The summed E-state index contributed by atoms with van der Waals surface area (Å²) >= 11 is 0. The number of halogens is 3. The first-order valence-corrected chi connectivity index (χ1v) is 6.55. The molecule has 1 aliphatic rings. The maximum Gasteiger partial charge on any atom is 0 e. The average Bonchev–Trinajstić information content (AvgIpc) is 2.62. The van der Waals surface area contributed by atoms with Crippen molar-refractivity contribution < 1.29 is 26.2 Å². The Morgan fingerprint density at radius 1 is 0.789 bits per heavy atom. The van der Waals surface area contributed by atoms with Crippen molar-refractivity contribution in [3.8, 4) is 0 Å². The zero-order valence-electron chi connectivity index (χ0n) is 12.8. The number of rotatable bonds is 5. The third-order valence-electron chi connectivity index (χ3n) is 3.96. The summed E-state index contributed by atoms with van der Waals surface area (Å²) < 4.78 is 0. The Morgan fingerprint density at radius 3 is 1.53 bits per heavy atom. The summed E-state index contributed by atoms with van der Waals surface area (Å²) in [4.78, 5) is 0. The molecule has 114 valence electrons. The van der Waals surface area contributed by atoms with Crippen LogP contribution in [-0.2, 0) is 26.2 Å². The molecule has 0 atom stereocenters. The van der Waals surface area contributed by atoms with Crippen LogP contribution in [0, 0.1) is 11.5 Å².